The Labute approximate surface area is 146 Å². The van der Waals surface area contributed by atoms with Gasteiger partial charge >= 0.3 is 6.09 Å². The average Bonchev–Trinajstić information content (AvgIpc) is 2.62. The summed E-state index contributed by atoms with van der Waals surface area (Å²) in [5.74, 6) is -0.392. The summed E-state index contributed by atoms with van der Waals surface area (Å²) in [4.78, 5) is 17.6. The Bertz CT molecular complexity index is 616. The summed E-state index contributed by atoms with van der Waals surface area (Å²) in [6.07, 6.45) is 1.33. The van der Waals surface area contributed by atoms with Crippen LogP contribution in [0.4, 0.5) is 9.18 Å². The molecule has 1 aliphatic heterocycles. The first-order valence-corrected chi connectivity index (χ1v) is 8.39. The number of carbonyl (C=O) groups excluding carboxylic acids is 1. The molecule has 0 saturated carbocycles. The minimum absolute atomic E-state index is 0.202. The number of hydrogen-bond acceptors (Lipinski definition) is 4. The number of nitrogens with zero attached hydrogens (tertiary/aromatic N) is 2. The molecule has 1 aromatic carbocycles. The number of phenols is 1. The summed E-state index contributed by atoms with van der Waals surface area (Å²) in [7, 11) is 1.67. The zero-order chi connectivity index (χ0) is 18.2. The van der Waals surface area contributed by atoms with E-state index in [1.165, 1.54) is 12.1 Å². The molecule has 0 unspecified atom stereocenters. The zero-order valence-electron chi connectivity index (χ0n) is 14.6. The third-order valence-corrected chi connectivity index (χ3v) is 4.06. The van der Waals surface area contributed by atoms with E-state index in [-0.39, 0.29) is 17.9 Å². The SMILES string of the molecule is CCOC(=O)N1CCC(NC(=NC)NCc2ccc(O)c(F)c2)CC1. The van der Waals surface area contributed by atoms with E-state index in [0.717, 1.165) is 12.8 Å². The highest BCUT2D eigenvalue weighted by Crippen LogP contribution is 2.16. The highest BCUT2D eigenvalue weighted by atomic mass is 19.1. The number of nitrogens with one attached hydrogen (secondary N) is 2. The second-order valence-electron chi connectivity index (χ2n) is 5.82. The van der Waals surface area contributed by atoms with Crippen LogP contribution in [0.5, 0.6) is 5.75 Å². The number of guanidine groups is 1. The summed E-state index contributed by atoms with van der Waals surface area (Å²) in [5.41, 5.74) is 0.704. The van der Waals surface area contributed by atoms with Gasteiger partial charge in [-0.2, -0.15) is 0 Å². The number of amides is 1. The third-order valence-electron chi connectivity index (χ3n) is 4.06. The molecule has 0 bridgehead atoms. The van der Waals surface area contributed by atoms with Gasteiger partial charge in [0, 0.05) is 32.7 Å². The van der Waals surface area contributed by atoms with Crippen LogP contribution in [0.2, 0.25) is 0 Å². The summed E-state index contributed by atoms with van der Waals surface area (Å²) in [6, 6.07) is 4.46. The van der Waals surface area contributed by atoms with Crippen molar-refractivity contribution in [2.45, 2.75) is 32.4 Å². The van der Waals surface area contributed by atoms with Gasteiger partial charge in [-0.3, -0.25) is 4.99 Å². The molecule has 1 heterocycles. The molecule has 1 fully saturated rings. The quantitative estimate of drug-likeness (QED) is 0.568. The number of likely N-dealkylation sites (tertiary alicyclic amines) is 1. The summed E-state index contributed by atoms with van der Waals surface area (Å²) < 4.78 is 18.4. The number of rotatable bonds is 4. The van der Waals surface area contributed by atoms with Crippen LogP contribution in [-0.4, -0.2) is 54.8 Å². The fourth-order valence-corrected chi connectivity index (χ4v) is 2.66. The van der Waals surface area contributed by atoms with Gasteiger partial charge in [0.15, 0.2) is 17.5 Å². The van der Waals surface area contributed by atoms with Crippen LogP contribution in [0, 0.1) is 5.82 Å². The smallest absolute Gasteiger partial charge is 0.409 e. The molecule has 3 N–H and O–H groups in total. The molecule has 25 heavy (non-hydrogen) atoms. The Hall–Kier alpha value is -2.51. The van der Waals surface area contributed by atoms with Gasteiger partial charge in [0.2, 0.25) is 0 Å². The number of halogens is 1. The number of carbonyl (C=O) groups is 1. The van der Waals surface area contributed by atoms with Crippen molar-refractivity contribution < 1.29 is 19.0 Å². The Morgan fingerprint density at radius 2 is 2.16 bits per heavy atom. The molecule has 1 amide bonds. The van der Waals surface area contributed by atoms with Gasteiger partial charge in [-0.1, -0.05) is 6.07 Å². The van der Waals surface area contributed by atoms with Crippen molar-refractivity contribution in [1.29, 1.82) is 0 Å². The Morgan fingerprint density at radius 1 is 1.44 bits per heavy atom. The topological polar surface area (TPSA) is 86.2 Å². The van der Waals surface area contributed by atoms with Gasteiger partial charge in [0.1, 0.15) is 0 Å². The molecule has 0 atom stereocenters. The van der Waals surface area contributed by atoms with Gasteiger partial charge < -0.3 is 25.4 Å². The van der Waals surface area contributed by atoms with E-state index in [4.69, 9.17) is 4.74 Å². The monoisotopic (exact) mass is 352 g/mol. The lowest BCUT2D eigenvalue weighted by molar-refractivity contribution is 0.0963. The van der Waals surface area contributed by atoms with Crippen molar-refractivity contribution in [2.24, 2.45) is 4.99 Å². The van der Waals surface area contributed by atoms with Crippen LogP contribution < -0.4 is 10.6 Å². The molecule has 0 radical (unpaired) electrons. The summed E-state index contributed by atoms with van der Waals surface area (Å²) >= 11 is 0. The fourth-order valence-electron chi connectivity index (χ4n) is 2.66. The number of hydrogen-bond donors (Lipinski definition) is 3. The standard InChI is InChI=1S/C17H25FN4O3/c1-3-25-17(24)22-8-6-13(7-9-22)21-16(19-2)20-11-12-4-5-15(23)14(18)10-12/h4-5,10,13,23H,3,6-9,11H2,1-2H3,(H2,19,20,21). The largest absolute Gasteiger partial charge is 0.505 e. The molecular weight excluding hydrogens is 327 g/mol. The molecule has 0 aliphatic carbocycles. The van der Waals surface area contributed by atoms with Gasteiger partial charge in [-0.25, -0.2) is 9.18 Å². The highest BCUT2D eigenvalue weighted by Gasteiger charge is 2.24. The Balaban J connectivity index is 1.79. The van der Waals surface area contributed by atoms with E-state index in [1.54, 1.807) is 24.9 Å². The molecule has 0 spiro atoms. The van der Waals surface area contributed by atoms with E-state index in [0.29, 0.717) is 37.8 Å². The Morgan fingerprint density at radius 3 is 2.76 bits per heavy atom. The van der Waals surface area contributed by atoms with Gasteiger partial charge in [-0.15, -0.1) is 0 Å². The number of phenolic OH excluding ortho intramolecular Hbond substituents is 1. The van der Waals surface area contributed by atoms with E-state index in [9.17, 15) is 14.3 Å². The third kappa shape index (κ3) is 5.51. The lowest BCUT2D eigenvalue weighted by Gasteiger charge is -2.32. The van der Waals surface area contributed by atoms with Crippen molar-refractivity contribution in [3.63, 3.8) is 0 Å². The maximum absolute atomic E-state index is 13.3. The molecule has 1 saturated heterocycles. The van der Waals surface area contributed by atoms with E-state index in [1.807, 2.05) is 0 Å². The van der Waals surface area contributed by atoms with Gasteiger partial charge in [0.05, 0.1) is 6.61 Å². The molecule has 7 nitrogen and oxygen atoms in total. The predicted molar refractivity (Wildman–Crippen MR) is 93.0 cm³/mol. The van der Waals surface area contributed by atoms with E-state index in [2.05, 4.69) is 15.6 Å². The van der Waals surface area contributed by atoms with Crippen LogP contribution in [0.15, 0.2) is 23.2 Å². The number of benzene rings is 1. The fraction of sp³-hybridized carbons (Fsp3) is 0.529. The predicted octanol–water partition coefficient (Wildman–Crippen LogP) is 1.82. The summed E-state index contributed by atoms with van der Waals surface area (Å²) in [6.45, 7) is 3.83. The highest BCUT2D eigenvalue weighted by molar-refractivity contribution is 5.80. The number of ether oxygens (including phenoxy) is 1. The van der Waals surface area contributed by atoms with Crippen molar-refractivity contribution >= 4 is 12.1 Å². The first kappa shape index (κ1) is 18.8. The van der Waals surface area contributed by atoms with Crippen LogP contribution in [0.25, 0.3) is 0 Å². The minimum Gasteiger partial charge on any atom is -0.505 e. The lowest BCUT2D eigenvalue weighted by Crippen LogP contribution is -2.49. The normalized spacial score (nSPS) is 15.8. The van der Waals surface area contributed by atoms with Crippen molar-refractivity contribution in [2.75, 3.05) is 26.7 Å². The van der Waals surface area contributed by atoms with Gasteiger partial charge in [-0.05, 0) is 37.5 Å². The first-order chi connectivity index (χ1) is 12.0. The molecule has 1 aromatic rings. The van der Waals surface area contributed by atoms with Crippen molar-refractivity contribution in [3.8, 4) is 5.75 Å². The van der Waals surface area contributed by atoms with Crippen LogP contribution in [-0.2, 0) is 11.3 Å². The number of aliphatic imine (C=N–C) groups is 1. The second kappa shape index (κ2) is 9.10. The second-order valence-corrected chi connectivity index (χ2v) is 5.82. The molecule has 2 rings (SSSR count). The van der Waals surface area contributed by atoms with Crippen LogP contribution in [0.3, 0.4) is 0 Å². The Kier molecular flexibility index (Phi) is 6.85. The van der Waals surface area contributed by atoms with Crippen LogP contribution in [0.1, 0.15) is 25.3 Å². The zero-order valence-corrected chi connectivity index (χ0v) is 14.6. The molecule has 138 valence electrons. The van der Waals surface area contributed by atoms with Crippen LogP contribution >= 0.6 is 0 Å². The van der Waals surface area contributed by atoms with Gasteiger partial charge in [0.25, 0.3) is 0 Å². The lowest BCUT2D eigenvalue weighted by atomic mass is 10.1. The van der Waals surface area contributed by atoms with E-state index < -0.39 is 5.82 Å². The molecule has 0 aromatic heterocycles. The number of piperidine rings is 1. The summed E-state index contributed by atoms with van der Waals surface area (Å²) in [5, 5.41) is 15.6. The number of aromatic hydroxyl groups is 1. The average molecular weight is 352 g/mol. The molecule has 8 heteroatoms. The minimum atomic E-state index is -0.645. The molecule has 1 aliphatic rings. The van der Waals surface area contributed by atoms with Crippen molar-refractivity contribution in [3.05, 3.63) is 29.6 Å². The maximum Gasteiger partial charge on any atom is 0.409 e. The maximum atomic E-state index is 13.3. The first-order valence-electron chi connectivity index (χ1n) is 8.39. The van der Waals surface area contributed by atoms with Crippen molar-refractivity contribution in [1.82, 2.24) is 15.5 Å². The van der Waals surface area contributed by atoms with E-state index >= 15 is 0 Å². The molecular formula is C17H25FN4O3.